The van der Waals surface area contributed by atoms with Crippen LogP contribution in [0.5, 0.6) is 0 Å². The molecule has 1 fully saturated rings. The van der Waals surface area contributed by atoms with Gasteiger partial charge in [-0.3, -0.25) is 9.69 Å². The largest absolute Gasteiger partial charge is 0.379 e. The van der Waals surface area contributed by atoms with Crippen LogP contribution in [-0.2, 0) is 11.2 Å². The van der Waals surface area contributed by atoms with Crippen LogP contribution in [0.25, 0.3) is 0 Å². The van der Waals surface area contributed by atoms with Crippen molar-refractivity contribution in [3.63, 3.8) is 0 Å². The molecule has 6 heteroatoms. The molecule has 1 atom stereocenters. The van der Waals surface area contributed by atoms with Gasteiger partial charge in [0.1, 0.15) is 0 Å². The van der Waals surface area contributed by atoms with E-state index in [2.05, 4.69) is 48.6 Å². The third-order valence-corrected chi connectivity index (χ3v) is 7.12. The monoisotopic (exact) mass is 432 g/mol. The second-order valence-electron chi connectivity index (χ2n) is 7.00. The van der Waals surface area contributed by atoms with Crippen LogP contribution in [0.1, 0.15) is 22.8 Å². The van der Waals surface area contributed by atoms with Gasteiger partial charge in [-0.25, -0.2) is 0 Å². The molecular weight excluding hydrogens is 400 g/mol. The van der Waals surface area contributed by atoms with Gasteiger partial charge in [0.15, 0.2) is 5.78 Å². The van der Waals surface area contributed by atoms with E-state index in [0.29, 0.717) is 5.56 Å². The molecule has 4 nitrogen and oxygen atoms in total. The molecule has 0 radical (unpaired) electrons. The van der Waals surface area contributed by atoms with Crippen LogP contribution in [0, 0.1) is 0 Å². The Bertz CT molecular complexity index is 734. The van der Waals surface area contributed by atoms with E-state index in [1.54, 1.807) is 23.9 Å². The molecule has 29 heavy (non-hydrogen) atoms. The summed E-state index contributed by atoms with van der Waals surface area (Å²) >= 11 is 3.75. The number of ether oxygens (including phenoxy) is 1. The first-order valence-corrected chi connectivity index (χ1v) is 12.3. The summed E-state index contributed by atoms with van der Waals surface area (Å²) in [6, 6.07) is 18.0. The number of Topliss-reactive ketones (excluding diaryl/α,β-unsaturated/α-hetero) is 1. The van der Waals surface area contributed by atoms with E-state index in [0.717, 1.165) is 32.7 Å². The average molecular weight is 433 g/mol. The number of rotatable bonds is 7. The van der Waals surface area contributed by atoms with Crippen molar-refractivity contribution in [1.82, 2.24) is 4.90 Å². The summed E-state index contributed by atoms with van der Waals surface area (Å²) in [7, 11) is 0. The summed E-state index contributed by atoms with van der Waals surface area (Å²) in [5.74, 6) is -0.0133. The number of morpholine rings is 1. The van der Waals surface area contributed by atoms with Gasteiger partial charge in [0, 0.05) is 23.5 Å². The molecule has 0 amide bonds. The Labute approximate surface area is 183 Å². The van der Waals surface area contributed by atoms with E-state index in [-0.39, 0.29) is 17.2 Å². The Morgan fingerprint density at radius 1 is 1.07 bits per heavy atom. The van der Waals surface area contributed by atoms with E-state index < -0.39 is 0 Å². The van der Waals surface area contributed by atoms with Crippen molar-refractivity contribution in [1.29, 1.82) is 0 Å². The Morgan fingerprint density at radius 3 is 2.21 bits per heavy atom. The van der Waals surface area contributed by atoms with Crippen LogP contribution in [0.15, 0.2) is 59.5 Å². The first-order valence-electron chi connectivity index (χ1n) is 9.81. The minimum absolute atomic E-state index is 0.0133. The molecule has 0 spiro atoms. The molecule has 158 valence electrons. The Kier molecular flexibility index (Phi) is 10.2. The molecular formula is C23H32N2O2S2. The van der Waals surface area contributed by atoms with Crippen LogP contribution >= 0.6 is 23.5 Å². The SMILES string of the molecule is CSc1ccc(CC(C)(SC)N2CCOCC2)cc1.NCC(=O)c1ccccc1. The highest BCUT2D eigenvalue weighted by molar-refractivity contribution is 7.99. The van der Waals surface area contributed by atoms with Gasteiger partial charge in [-0.1, -0.05) is 42.5 Å². The number of hydrogen-bond acceptors (Lipinski definition) is 6. The van der Waals surface area contributed by atoms with Gasteiger partial charge in [0.05, 0.1) is 24.6 Å². The highest BCUT2D eigenvalue weighted by Gasteiger charge is 2.32. The smallest absolute Gasteiger partial charge is 0.176 e. The van der Waals surface area contributed by atoms with Gasteiger partial charge >= 0.3 is 0 Å². The molecule has 1 aliphatic rings. The van der Waals surface area contributed by atoms with E-state index >= 15 is 0 Å². The zero-order chi connectivity index (χ0) is 21.1. The van der Waals surface area contributed by atoms with E-state index in [1.807, 2.05) is 30.0 Å². The Morgan fingerprint density at radius 2 is 1.69 bits per heavy atom. The number of thioether (sulfide) groups is 2. The number of benzene rings is 2. The maximum atomic E-state index is 10.9. The number of carbonyl (C=O) groups is 1. The predicted octanol–water partition coefficient (Wildman–Crippen LogP) is 4.19. The van der Waals surface area contributed by atoms with Crippen LogP contribution in [0.4, 0.5) is 0 Å². The first kappa shape index (κ1) is 24.0. The van der Waals surface area contributed by atoms with E-state index in [9.17, 15) is 4.79 Å². The maximum absolute atomic E-state index is 10.9. The summed E-state index contributed by atoms with van der Waals surface area (Å²) < 4.78 is 5.47. The molecule has 2 aromatic rings. The lowest BCUT2D eigenvalue weighted by molar-refractivity contribution is 0.0118. The third-order valence-electron chi connectivity index (χ3n) is 5.09. The lowest BCUT2D eigenvalue weighted by Crippen LogP contribution is -2.50. The van der Waals surface area contributed by atoms with Crippen molar-refractivity contribution in [3.05, 3.63) is 65.7 Å². The standard InChI is InChI=1S/C15H23NOS2.C8H9NO/c1-15(19-3,16-8-10-17-11-9-16)12-13-4-6-14(18-2)7-5-13;9-6-8(10)7-4-2-1-3-5-7/h4-7H,8-12H2,1-3H3;1-5H,6,9H2. The molecule has 2 aromatic carbocycles. The fourth-order valence-corrected chi connectivity index (χ4v) is 4.37. The molecule has 1 heterocycles. The second kappa shape index (κ2) is 12.4. The number of ketones is 1. The molecule has 0 aliphatic carbocycles. The third kappa shape index (κ3) is 7.46. The minimum Gasteiger partial charge on any atom is -0.379 e. The maximum Gasteiger partial charge on any atom is 0.176 e. The predicted molar refractivity (Wildman–Crippen MR) is 126 cm³/mol. The van der Waals surface area contributed by atoms with Crippen molar-refractivity contribution >= 4 is 29.3 Å². The molecule has 3 rings (SSSR count). The van der Waals surface area contributed by atoms with Gasteiger partial charge in [0.2, 0.25) is 0 Å². The summed E-state index contributed by atoms with van der Waals surface area (Å²) in [4.78, 5) is 15.0. The van der Waals surface area contributed by atoms with Gasteiger partial charge < -0.3 is 10.5 Å². The quantitative estimate of drug-likeness (QED) is 0.523. The van der Waals surface area contributed by atoms with Crippen LogP contribution in [0.3, 0.4) is 0 Å². The highest BCUT2D eigenvalue weighted by Crippen LogP contribution is 2.32. The number of nitrogens with zero attached hydrogens (tertiary/aromatic N) is 1. The summed E-state index contributed by atoms with van der Waals surface area (Å²) in [6.07, 6.45) is 5.42. The fourth-order valence-electron chi connectivity index (χ4n) is 3.21. The lowest BCUT2D eigenvalue weighted by atomic mass is 10.0. The van der Waals surface area contributed by atoms with E-state index in [1.165, 1.54) is 10.5 Å². The fraction of sp³-hybridized carbons (Fsp3) is 0.435. The highest BCUT2D eigenvalue weighted by atomic mass is 32.2. The van der Waals surface area contributed by atoms with Gasteiger partial charge in [0.25, 0.3) is 0 Å². The molecule has 1 saturated heterocycles. The molecule has 1 aliphatic heterocycles. The van der Waals surface area contributed by atoms with Gasteiger partial charge in [-0.15, -0.1) is 23.5 Å². The van der Waals surface area contributed by atoms with Crippen molar-refractivity contribution in [2.75, 3.05) is 45.4 Å². The Balaban J connectivity index is 0.000000253. The molecule has 0 bridgehead atoms. The van der Waals surface area contributed by atoms with Crippen molar-refractivity contribution in [2.24, 2.45) is 5.73 Å². The zero-order valence-electron chi connectivity index (χ0n) is 17.6. The topological polar surface area (TPSA) is 55.6 Å². The van der Waals surface area contributed by atoms with Crippen LogP contribution in [0.2, 0.25) is 0 Å². The van der Waals surface area contributed by atoms with Gasteiger partial charge in [-0.2, -0.15) is 0 Å². The molecule has 2 N–H and O–H groups in total. The lowest BCUT2D eigenvalue weighted by Gasteiger charge is -2.42. The summed E-state index contributed by atoms with van der Waals surface area (Å²) in [5.41, 5.74) is 7.26. The van der Waals surface area contributed by atoms with Crippen LogP contribution in [-0.4, -0.2) is 60.9 Å². The minimum atomic E-state index is -0.0133. The second-order valence-corrected chi connectivity index (χ2v) is 9.16. The zero-order valence-corrected chi connectivity index (χ0v) is 19.2. The molecule has 0 aromatic heterocycles. The summed E-state index contributed by atoms with van der Waals surface area (Å²) in [6.45, 7) is 6.25. The number of carbonyl (C=O) groups excluding carboxylic acids is 1. The van der Waals surface area contributed by atoms with Crippen molar-refractivity contribution < 1.29 is 9.53 Å². The Hall–Kier alpha value is -1.31. The first-order chi connectivity index (χ1) is 14.0. The van der Waals surface area contributed by atoms with Crippen molar-refractivity contribution in [2.45, 2.75) is 23.1 Å². The normalized spacial score (nSPS) is 16.4. The van der Waals surface area contributed by atoms with Crippen LogP contribution < -0.4 is 5.73 Å². The number of hydrogen-bond donors (Lipinski definition) is 1. The van der Waals surface area contributed by atoms with Gasteiger partial charge in [-0.05, 0) is 43.6 Å². The molecule has 1 unspecified atom stereocenters. The summed E-state index contributed by atoms with van der Waals surface area (Å²) in [5, 5.41) is 0. The molecule has 0 saturated carbocycles. The average Bonchev–Trinajstić information content (AvgIpc) is 2.80. The van der Waals surface area contributed by atoms with E-state index in [4.69, 9.17) is 10.5 Å². The van der Waals surface area contributed by atoms with Crippen molar-refractivity contribution in [3.8, 4) is 0 Å². The number of nitrogens with two attached hydrogens (primary N) is 1.